The van der Waals surface area contributed by atoms with E-state index >= 15 is 0 Å². The number of ether oxygens (including phenoxy) is 1. The van der Waals surface area contributed by atoms with Crippen molar-refractivity contribution in [1.82, 2.24) is 5.32 Å². The SMILES string of the molecule is CCSc1ccc(C(Cc2ccccc2OC)NC)cc1. The number of benzene rings is 2. The molecule has 1 unspecified atom stereocenters. The molecular formula is C18H23NOS. The van der Waals surface area contributed by atoms with E-state index in [4.69, 9.17) is 4.74 Å². The van der Waals surface area contributed by atoms with Crippen LogP contribution in [0.4, 0.5) is 0 Å². The molecular weight excluding hydrogens is 278 g/mol. The highest BCUT2D eigenvalue weighted by Gasteiger charge is 2.12. The number of hydrogen-bond acceptors (Lipinski definition) is 3. The van der Waals surface area contributed by atoms with Crippen LogP contribution < -0.4 is 10.1 Å². The van der Waals surface area contributed by atoms with Crippen LogP contribution in [0.3, 0.4) is 0 Å². The van der Waals surface area contributed by atoms with E-state index in [1.165, 1.54) is 16.0 Å². The van der Waals surface area contributed by atoms with Gasteiger partial charge in [-0.1, -0.05) is 37.3 Å². The summed E-state index contributed by atoms with van der Waals surface area (Å²) in [6, 6.07) is 17.4. The third kappa shape index (κ3) is 4.26. The minimum atomic E-state index is 0.293. The van der Waals surface area contributed by atoms with Crippen molar-refractivity contribution >= 4 is 11.8 Å². The molecule has 2 nitrogen and oxygen atoms in total. The van der Waals surface area contributed by atoms with Crippen LogP contribution in [0.2, 0.25) is 0 Å². The van der Waals surface area contributed by atoms with Crippen molar-refractivity contribution in [3.05, 3.63) is 59.7 Å². The Labute approximate surface area is 131 Å². The van der Waals surface area contributed by atoms with Crippen molar-refractivity contribution in [3.63, 3.8) is 0 Å². The van der Waals surface area contributed by atoms with Gasteiger partial charge in [-0.05, 0) is 48.5 Å². The second-order valence-corrected chi connectivity index (χ2v) is 6.20. The molecule has 0 radical (unpaired) electrons. The van der Waals surface area contributed by atoms with Crippen LogP contribution in [0, 0.1) is 0 Å². The van der Waals surface area contributed by atoms with Gasteiger partial charge >= 0.3 is 0 Å². The highest BCUT2D eigenvalue weighted by molar-refractivity contribution is 7.99. The molecule has 2 rings (SSSR count). The van der Waals surface area contributed by atoms with Gasteiger partial charge in [0.1, 0.15) is 5.75 Å². The van der Waals surface area contributed by atoms with E-state index in [0.717, 1.165) is 17.9 Å². The highest BCUT2D eigenvalue weighted by Crippen LogP contribution is 2.26. The van der Waals surface area contributed by atoms with E-state index in [2.05, 4.69) is 48.6 Å². The van der Waals surface area contributed by atoms with E-state index in [1.54, 1.807) is 7.11 Å². The number of rotatable bonds is 7. The lowest BCUT2D eigenvalue weighted by atomic mass is 9.98. The molecule has 0 heterocycles. The van der Waals surface area contributed by atoms with E-state index in [-0.39, 0.29) is 0 Å². The quantitative estimate of drug-likeness (QED) is 0.770. The lowest BCUT2D eigenvalue weighted by Gasteiger charge is -2.18. The normalized spacial score (nSPS) is 12.1. The Morgan fingerprint density at radius 2 is 1.81 bits per heavy atom. The molecule has 0 aromatic heterocycles. The van der Waals surface area contributed by atoms with Gasteiger partial charge in [0.25, 0.3) is 0 Å². The topological polar surface area (TPSA) is 21.3 Å². The van der Waals surface area contributed by atoms with Crippen LogP contribution in [0.15, 0.2) is 53.4 Å². The number of likely N-dealkylation sites (N-methyl/N-ethyl adjacent to an activating group) is 1. The summed E-state index contributed by atoms with van der Waals surface area (Å²) in [4.78, 5) is 1.33. The molecule has 112 valence electrons. The fraction of sp³-hybridized carbons (Fsp3) is 0.333. The molecule has 0 aliphatic rings. The van der Waals surface area contributed by atoms with Crippen molar-refractivity contribution in [2.45, 2.75) is 24.3 Å². The number of thioether (sulfide) groups is 1. The predicted molar refractivity (Wildman–Crippen MR) is 91.3 cm³/mol. The van der Waals surface area contributed by atoms with Gasteiger partial charge < -0.3 is 10.1 Å². The molecule has 1 N–H and O–H groups in total. The molecule has 0 aliphatic heterocycles. The van der Waals surface area contributed by atoms with Gasteiger partial charge in [0.05, 0.1) is 7.11 Å². The zero-order chi connectivity index (χ0) is 15.1. The minimum absolute atomic E-state index is 0.293. The summed E-state index contributed by atoms with van der Waals surface area (Å²) in [5.74, 6) is 2.06. The first-order chi connectivity index (χ1) is 10.3. The minimum Gasteiger partial charge on any atom is -0.496 e. The zero-order valence-electron chi connectivity index (χ0n) is 12.9. The van der Waals surface area contributed by atoms with Gasteiger partial charge in [0.2, 0.25) is 0 Å². The molecule has 1 atom stereocenters. The second-order valence-electron chi connectivity index (χ2n) is 4.86. The highest BCUT2D eigenvalue weighted by atomic mass is 32.2. The third-order valence-electron chi connectivity index (χ3n) is 3.56. The van der Waals surface area contributed by atoms with Gasteiger partial charge in [-0.2, -0.15) is 0 Å². The van der Waals surface area contributed by atoms with Crippen molar-refractivity contribution in [2.75, 3.05) is 19.9 Å². The van der Waals surface area contributed by atoms with E-state index in [1.807, 2.05) is 30.9 Å². The summed E-state index contributed by atoms with van der Waals surface area (Å²) >= 11 is 1.87. The first-order valence-electron chi connectivity index (χ1n) is 7.30. The summed E-state index contributed by atoms with van der Waals surface area (Å²) in [6.07, 6.45) is 0.917. The number of nitrogens with one attached hydrogen (secondary N) is 1. The summed E-state index contributed by atoms with van der Waals surface area (Å²) in [5.41, 5.74) is 2.54. The summed E-state index contributed by atoms with van der Waals surface area (Å²) in [7, 11) is 3.73. The van der Waals surface area contributed by atoms with Crippen LogP contribution in [-0.4, -0.2) is 19.9 Å². The Bertz CT molecular complexity index is 553. The van der Waals surface area contributed by atoms with Crippen LogP contribution >= 0.6 is 11.8 Å². The molecule has 2 aromatic rings. The van der Waals surface area contributed by atoms with Crippen LogP contribution in [0.1, 0.15) is 24.1 Å². The molecule has 0 saturated carbocycles. The van der Waals surface area contributed by atoms with E-state index in [9.17, 15) is 0 Å². The maximum absolute atomic E-state index is 5.45. The van der Waals surface area contributed by atoms with Gasteiger partial charge in [-0.3, -0.25) is 0 Å². The monoisotopic (exact) mass is 301 g/mol. The molecule has 0 amide bonds. The van der Waals surface area contributed by atoms with Crippen molar-refractivity contribution in [2.24, 2.45) is 0 Å². The van der Waals surface area contributed by atoms with E-state index in [0.29, 0.717) is 6.04 Å². The largest absolute Gasteiger partial charge is 0.496 e. The van der Waals surface area contributed by atoms with Crippen LogP contribution in [0.25, 0.3) is 0 Å². The molecule has 0 spiro atoms. The first kappa shape index (κ1) is 15.9. The maximum Gasteiger partial charge on any atom is 0.122 e. The Hall–Kier alpha value is -1.45. The molecule has 0 bridgehead atoms. The standard InChI is InChI=1S/C18H23NOS/c1-4-21-16-11-9-14(10-12-16)17(19-2)13-15-7-5-6-8-18(15)20-3/h5-12,17,19H,4,13H2,1-3H3. The van der Waals surface area contributed by atoms with Crippen LogP contribution in [0.5, 0.6) is 5.75 Å². The summed E-state index contributed by atoms with van der Waals surface area (Å²) in [6.45, 7) is 2.18. The molecule has 0 aliphatic carbocycles. The van der Waals surface area contributed by atoms with E-state index < -0.39 is 0 Å². The van der Waals surface area contributed by atoms with Gasteiger partial charge in [-0.15, -0.1) is 11.8 Å². The Morgan fingerprint density at radius 3 is 2.43 bits per heavy atom. The molecule has 3 heteroatoms. The van der Waals surface area contributed by atoms with Gasteiger partial charge in [-0.25, -0.2) is 0 Å². The second kappa shape index (κ2) is 8.11. The fourth-order valence-electron chi connectivity index (χ4n) is 2.44. The van der Waals surface area contributed by atoms with Crippen molar-refractivity contribution in [1.29, 1.82) is 0 Å². The fourth-order valence-corrected chi connectivity index (χ4v) is 3.10. The van der Waals surface area contributed by atoms with Crippen molar-refractivity contribution in [3.8, 4) is 5.75 Å². The Morgan fingerprint density at radius 1 is 1.10 bits per heavy atom. The Kier molecular flexibility index (Phi) is 6.15. The van der Waals surface area contributed by atoms with Gasteiger partial charge in [0.15, 0.2) is 0 Å². The maximum atomic E-state index is 5.45. The predicted octanol–water partition coefficient (Wildman–Crippen LogP) is 4.31. The van der Waals surface area contributed by atoms with Gasteiger partial charge in [0, 0.05) is 10.9 Å². The number of methoxy groups -OCH3 is 1. The molecule has 21 heavy (non-hydrogen) atoms. The number of para-hydroxylation sites is 1. The van der Waals surface area contributed by atoms with Crippen molar-refractivity contribution < 1.29 is 4.74 Å². The number of hydrogen-bond donors (Lipinski definition) is 1. The third-order valence-corrected chi connectivity index (χ3v) is 4.45. The molecule has 0 fully saturated rings. The van der Waals surface area contributed by atoms with Crippen LogP contribution in [-0.2, 0) is 6.42 Å². The lowest BCUT2D eigenvalue weighted by molar-refractivity contribution is 0.406. The Balaban J connectivity index is 2.15. The summed E-state index contributed by atoms with van der Waals surface area (Å²) in [5, 5.41) is 3.41. The average molecular weight is 301 g/mol. The molecule has 0 saturated heterocycles. The smallest absolute Gasteiger partial charge is 0.122 e. The average Bonchev–Trinajstić information content (AvgIpc) is 2.54. The first-order valence-corrected chi connectivity index (χ1v) is 8.29. The molecule has 2 aromatic carbocycles. The zero-order valence-corrected chi connectivity index (χ0v) is 13.7. The summed E-state index contributed by atoms with van der Waals surface area (Å²) < 4.78 is 5.45. The lowest BCUT2D eigenvalue weighted by Crippen LogP contribution is -2.19.